The highest BCUT2D eigenvalue weighted by Crippen LogP contribution is 2.38. The maximum absolute atomic E-state index is 12.1. The zero-order chi connectivity index (χ0) is 17.3. The van der Waals surface area contributed by atoms with Gasteiger partial charge in [0.15, 0.2) is 11.4 Å². The standard InChI is InChI=1S/C19H24N2O3/c1-12-7-18(19(23,9-12)17(22)10-20)24-13(2)8-14-11-21-16-6-4-3-5-15(14)16/h3-6,11-12,18,21,23H,2,7-10,20H2,1H3. The van der Waals surface area contributed by atoms with Gasteiger partial charge in [0.05, 0.1) is 12.3 Å². The molecular weight excluding hydrogens is 304 g/mol. The number of Topliss-reactive ketones (excluding diaryl/α,β-unsaturated/α-hetero) is 1. The number of benzene rings is 1. The van der Waals surface area contributed by atoms with Gasteiger partial charge in [-0.2, -0.15) is 0 Å². The van der Waals surface area contributed by atoms with Crippen LogP contribution in [-0.2, 0) is 16.0 Å². The lowest BCUT2D eigenvalue weighted by molar-refractivity contribution is -0.146. The van der Waals surface area contributed by atoms with Crippen molar-refractivity contribution in [2.45, 2.75) is 37.9 Å². The number of fused-ring (bicyclic) bond motifs is 1. The molecule has 3 rings (SSSR count). The third-order valence-corrected chi connectivity index (χ3v) is 4.85. The molecule has 5 heteroatoms. The number of rotatable bonds is 6. The molecule has 2 aromatic rings. The zero-order valence-electron chi connectivity index (χ0n) is 13.9. The van der Waals surface area contributed by atoms with Crippen LogP contribution in [0.2, 0.25) is 0 Å². The number of nitrogens with one attached hydrogen (secondary N) is 1. The van der Waals surface area contributed by atoms with Gasteiger partial charge in [0.25, 0.3) is 0 Å². The van der Waals surface area contributed by atoms with Gasteiger partial charge >= 0.3 is 0 Å². The van der Waals surface area contributed by atoms with Crippen LogP contribution < -0.4 is 5.73 Å². The summed E-state index contributed by atoms with van der Waals surface area (Å²) in [5.74, 6) is 0.384. The predicted molar refractivity (Wildman–Crippen MR) is 93.4 cm³/mol. The minimum absolute atomic E-state index is 0.183. The van der Waals surface area contributed by atoms with Gasteiger partial charge in [0.2, 0.25) is 0 Å². The first-order chi connectivity index (χ1) is 11.4. The van der Waals surface area contributed by atoms with Crippen molar-refractivity contribution in [3.8, 4) is 0 Å². The Kier molecular flexibility index (Phi) is 4.47. The van der Waals surface area contributed by atoms with E-state index in [0.717, 1.165) is 16.5 Å². The average molecular weight is 328 g/mol. The molecule has 0 bridgehead atoms. The summed E-state index contributed by atoms with van der Waals surface area (Å²) >= 11 is 0. The van der Waals surface area contributed by atoms with Crippen molar-refractivity contribution in [3.05, 3.63) is 48.4 Å². The molecule has 0 amide bonds. The molecule has 1 heterocycles. The molecule has 1 aliphatic carbocycles. The van der Waals surface area contributed by atoms with Gasteiger partial charge in [-0.05, 0) is 30.4 Å². The minimum atomic E-state index is -1.50. The molecule has 0 aliphatic heterocycles. The van der Waals surface area contributed by atoms with Gasteiger partial charge in [-0.1, -0.05) is 31.7 Å². The smallest absolute Gasteiger partial charge is 0.181 e. The van der Waals surface area contributed by atoms with Crippen molar-refractivity contribution >= 4 is 16.7 Å². The van der Waals surface area contributed by atoms with Crippen LogP contribution in [0.3, 0.4) is 0 Å². The van der Waals surface area contributed by atoms with Gasteiger partial charge < -0.3 is 20.6 Å². The lowest BCUT2D eigenvalue weighted by Gasteiger charge is -2.29. The largest absolute Gasteiger partial charge is 0.492 e. The van der Waals surface area contributed by atoms with Crippen LogP contribution in [0.15, 0.2) is 42.8 Å². The molecule has 0 saturated heterocycles. The average Bonchev–Trinajstić information content (AvgIpc) is 3.08. The second-order valence-electron chi connectivity index (χ2n) is 6.78. The molecule has 5 nitrogen and oxygen atoms in total. The minimum Gasteiger partial charge on any atom is -0.492 e. The number of carbonyl (C=O) groups excluding carboxylic acids is 1. The Balaban J connectivity index is 1.73. The fraction of sp³-hybridized carbons (Fsp3) is 0.421. The summed E-state index contributed by atoms with van der Waals surface area (Å²) in [6.07, 6.45) is 2.89. The lowest BCUT2D eigenvalue weighted by atomic mass is 9.93. The van der Waals surface area contributed by atoms with Crippen LogP contribution in [0.4, 0.5) is 0 Å². The number of aliphatic hydroxyl groups is 1. The fourth-order valence-electron chi connectivity index (χ4n) is 3.66. The van der Waals surface area contributed by atoms with E-state index in [1.54, 1.807) is 0 Å². The summed E-state index contributed by atoms with van der Waals surface area (Å²) in [6.45, 7) is 5.80. The predicted octanol–water partition coefficient (Wildman–Crippen LogP) is 2.30. The van der Waals surface area contributed by atoms with E-state index in [1.807, 2.05) is 37.4 Å². The van der Waals surface area contributed by atoms with Gasteiger partial charge in [-0.25, -0.2) is 0 Å². The summed E-state index contributed by atoms with van der Waals surface area (Å²) in [5.41, 5.74) is 6.09. The van der Waals surface area contributed by atoms with Crippen molar-refractivity contribution in [1.82, 2.24) is 4.98 Å². The summed E-state index contributed by atoms with van der Waals surface area (Å²) in [4.78, 5) is 15.3. The van der Waals surface area contributed by atoms with Crippen LogP contribution in [-0.4, -0.2) is 34.1 Å². The molecule has 1 fully saturated rings. The van der Waals surface area contributed by atoms with Crippen molar-refractivity contribution in [2.75, 3.05) is 6.54 Å². The molecule has 4 N–H and O–H groups in total. The number of carbonyl (C=O) groups is 1. The van der Waals surface area contributed by atoms with E-state index >= 15 is 0 Å². The zero-order valence-corrected chi connectivity index (χ0v) is 13.9. The molecule has 24 heavy (non-hydrogen) atoms. The van der Waals surface area contributed by atoms with E-state index in [4.69, 9.17) is 10.5 Å². The summed E-state index contributed by atoms with van der Waals surface area (Å²) in [5, 5.41) is 11.9. The van der Waals surface area contributed by atoms with Crippen LogP contribution >= 0.6 is 0 Å². The number of allylic oxidation sites excluding steroid dienone is 1. The number of nitrogens with two attached hydrogens (primary N) is 1. The summed E-state index contributed by atoms with van der Waals surface area (Å²) in [7, 11) is 0. The first kappa shape index (κ1) is 16.7. The summed E-state index contributed by atoms with van der Waals surface area (Å²) in [6, 6.07) is 8.02. The van der Waals surface area contributed by atoms with E-state index in [9.17, 15) is 9.90 Å². The van der Waals surface area contributed by atoms with Crippen LogP contribution in [0.5, 0.6) is 0 Å². The maximum Gasteiger partial charge on any atom is 0.181 e. The molecule has 1 aliphatic rings. The number of H-pyrrole nitrogens is 1. The molecule has 0 spiro atoms. The number of ketones is 1. The molecule has 0 radical (unpaired) electrons. The van der Waals surface area contributed by atoms with Crippen LogP contribution in [0.1, 0.15) is 25.3 Å². The van der Waals surface area contributed by atoms with E-state index in [-0.39, 0.29) is 18.2 Å². The van der Waals surface area contributed by atoms with Crippen LogP contribution in [0.25, 0.3) is 10.9 Å². The lowest BCUT2D eigenvalue weighted by Crippen LogP contribution is -2.49. The molecule has 128 valence electrons. The van der Waals surface area contributed by atoms with Gasteiger partial charge in [-0.15, -0.1) is 0 Å². The number of hydrogen-bond donors (Lipinski definition) is 3. The first-order valence-corrected chi connectivity index (χ1v) is 8.29. The molecule has 1 aromatic heterocycles. The highest BCUT2D eigenvalue weighted by molar-refractivity contribution is 5.89. The molecule has 3 atom stereocenters. The highest BCUT2D eigenvalue weighted by atomic mass is 16.5. The Labute approximate surface area is 141 Å². The third-order valence-electron chi connectivity index (χ3n) is 4.85. The third kappa shape index (κ3) is 2.97. The molecule has 1 saturated carbocycles. The molecule has 1 aromatic carbocycles. The number of aromatic nitrogens is 1. The Morgan fingerprint density at radius 2 is 2.25 bits per heavy atom. The van der Waals surface area contributed by atoms with Gasteiger partial charge in [-0.3, -0.25) is 4.79 Å². The Hall–Kier alpha value is -2.11. The molecule has 3 unspecified atom stereocenters. The second-order valence-corrected chi connectivity index (χ2v) is 6.78. The monoisotopic (exact) mass is 328 g/mol. The maximum atomic E-state index is 12.1. The van der Waals surface area contributed by atoms with E-state index < -0.39 is 11.7 Å². The number of aromatic amines is 1. The second kappa shape index (κ2) is 6.42. The van der Waals surface area contributed by atoms with Crippen molar-refractivity contribution in [3.63, 3.8) is 0 Å². The summed E-state index contributed by atoms with van der Waals surface area (Å²) < 4.78 is 5.91. The Morgan fingerprint density at radius 1 is 1.50 bits per heavy atom. The highest BCUT2D eigenvalue weighted by Gasteiger charge is 2.51. The Morgan fingerprint density at radius 3 is 3.00 bits per heavy atom. The van der Waals surface area contributed by atoms with E-state index in [0.29, 0.717) is 25.0 Å². The number of para-hydroxylation sites is 1. The quantitative estimate of drug-likeness (QED) is 0.710. The Bertz CT molecular complexity index is 767. The van der Waals surface area contributed by atoms with Crippen molar-refractivity contribution < 1.29 is 14.6 Å². The number of ether oxygens (including phenoxy) is 1. The normalized spacial score (nSPS) is 26.6. The van der Waals surface area contributed by atoms with E-state index in [2.05, 4.69) is 11.6 Å². The fourth-order valence-corrected chi connectivity index (χ4v) is 3.66. The number of hydrogen-bond acceptors (Lipinski definition) is 4. The van der Waals surface area contributed by atoms with Gasteiger partial charge in [0.1, 0.15) is 6.10 Å². The SMILES string of the molecule is C=C(Cc1c[nH]c2ccccc12)OC1CC(C)CC1(O)C(=O)CN. The van der Waals surface area contributed by atoms with Crippen molar-refractivity contribution in [2.24, 2.45) is 11.7 Å². The van der Waals surface area contributed by atoms with E-state index in [1.165, 1.54) is 0 Å². The topological polar surface area (TPSA) is 88.3 Å². The first-order valence-electron chi connectivity index (χ1n) is 8.29. The van der Waals surface area contributed by atoms with Gasteiger partial charge in [0, 0.05) is 23.5 Å². The molecular formula is C19H24N2O3. The van der Waals surface area contributed by atoms with Crippen molar-refractivity contribution in [1.29, 1.82) is 0 Å². The van der Waals surface area contributed by atoms with Crippen LogP contribution in [0, 0.1) is 5.92 Å².